The average Bonchev–Trinajstić information content (AvgIpc) is 2.89. The van der Waals surface area contributed by atoms with Crippen molar-refractivity contribution in [2.75, 3.05) is 18.5 Å². The largest absolute Gasteiger partial charge is 0.494 e. The molecule has 2 N–H and O–H groups in total. The number of rotatable bonds is 6. The minimum Gasteiger partial charge on any atom is -0.492 e. The first-order valence-corrected chi connectivity index (χ1v) is 9.93. The van der Waals surface area contributed by atoms with Crippen molar-refractivity contribution in [2.45, 2.75) is 38.9 Å². The van der Waals surface area contributed by atoms with Gasteiger partial charge in [0.25, 0.3) is 0 Å². The standard InChI is InChI=1S/C21H26BClN2O4/c1-20(2)21(3,4)29-22(28-20)15-5-11-18(12-6-15)27-14-13-24-19(26)25-17-9-7-16(23)8-10-17/h5-12H,13-14H2,1-4H3,(H2,24,25,26). The molecule has 6 nitrogen and oxygen atoms in total. The molecule has 1 fully saturated rings. The number of amides is 2. The Kier molecular flexibility index (Phi) is 6.41. The lowest BCUT2D eigenvalue weighted by atomic mass is 9.79. The molecule has 8 heteroatoms. The zero-order valence-corrected chi connectivity index (χ0v) is 17.9. The summed E-state index contributed by atoms with van der Waals surface area (Å²) in [7, 11) is -0.396. The smallest absolute Gasteiger partial charge is 0.492 e. The third-order valence-electron chi connectivity index (χ3n) is 5.16. The number of urea groups is 1. The van der Waals surface area contributed by atoms with E-state index >= 15 is 0 Å². The normalized spacial score (nSPS) is 17.1. The maximum atomic E-state index is 11.9. The lowest BCUT2D eigenvalue weighted by molar-refractivity contribution is 0.00578. The van der Waals surface area contributed by atoms with E-state index in [9.17, 15) is 4.79 Å². The van der Waals surface area contributed by atoms with Crippen molar-refractivity contribution in [1.29, 1.82) is 0 Å². The van der Waals surface area contributed by atoms with Crippen LogP contribution < -0.4 is 20.8 Å². The average molecular weight is 417 g/mol. The molecule has 2 aromatic rings. The Balaban J connectivity index is 1.41. The number of benzene rings is 2. The molecule has 0 saturated carbocycles. The highest BCUT2D eigenvalue weighted by Gasteiger charge is 2.51. The van der Waals surface area contributed by atoms with Crippen molar-refractivity contribution in [3.63, 3.8) is 0 Å². The number of ether oxygens (including phenoxy) is 1. The summed E-state index contributed by atoms with van der Waals surface area (Å²) in [6, 6.07) is 14.2. The van der Waals surface area contributed by atoms with Crippen LogP contribution in [-0.4, -0.2) is 37.5 Å². The summed E-state index contributed by atoms with van der Waals surface area (Å²) in [6.45, 7) is 8.84. The Bertz CT molecular complexity index is 825. The molecule has 0 radical (unpaired) electrons. The van der Waals surface area contributed by atoms with Crippen LogP contribution in [0.1, 0.15) is 27.7 Å². The van der Waals surface area contributed by atoms with E-state index in [1.165, 1.54) is 0 Å². The summed E-state index contributed by atoms with van der Waals surface area (Å²) < 4.78 is 17.8. The van der Waals surface area contributed by atoms with E-state index in [2.05, 4.69) is 10.6 Å². The Morgan fingerprint density at radius 3 is 2.17 bits per heavy atom. The van der Waals surface area contributed by atoms with Gasteiger partial charge in [-0.05, 0) is 69.6 Å². The number of hydrogen-bond donors (Lipinski definition) is 2. The van der Waals surface area contributed by atoms with Crippen molar-refractivity contribution in [3.05, 3.63) is 53.6 Å². The van der Waals surface area contributed by atoms with E-state index in [1.54, 1.807) is 24.3 Å². The van der Waals surface area contributed by atoms with Crippen molar-refractivity contribution < 1.29 is 18.8 Å². The van der Waals surface area contributed by atoms with E-state index in [0.717, 1.165) is 5.46 Å². The summed E-state index contributed by atoms with van der Waals surface area (Å²) in [5, 5.41) is 6.09. The van der Waals surface area contributed by atoms with Crippen LogP contribution in [0.15, 0.2) is 48.5 Å². The molecule has 1 heterocycles. The number of carbonyl (C=O) groups excluding carboxylic acids is 1. The van der Waals surface area contributed by atoms with Crippen LogP contribution in [0, 0.1) is 0 Å². The molecular weight excluding hydrogens is 391 g/mol. The van der Waals surface area contributed by atoms with Crippen LogP contribution >= 0.6 is 11.6 Å². The molecule has 29 heavy (non-hydrogen) atoms. The minimum absolute atomic E-state index is 0.299. The number of anilines is 1. The lowest BCUT2D eigenvalue weighted by Gasteiger charge is -2.32. The maximum Gasteiger partial charge on any atom is 0.494 e. The monoisotopic (exact) mass is 416 g/mol. The topological polar surface area (TPSA) is 68.8 Å². The highest BCUT2D eigenvalue weighted by atomic mass is 35.5. The SMILES string of the molecule is CC1(C)OB(c2ccc(OCCNC(=O)Nc3ccc(Cl)cc3)cc2)OC1(C)C. The van der Waals surface area contributed by atoms with E-state index in [-0.39, 0.29) is 17.2 Å². The predicted molar refractivity (Wildman–Crippen MR) is 116 cm³/mol. The Labute approximate surface area is 177 Å². The zero-order chi connectivity index (χ0) is 21.1. The van der Waals surface area contributed by atoms with Crippen molar-refractivity contribution in [2.24, 2.45) is 0 Å². The van der Waals surface area contributed by atoms with Gasteiger partial charge >= 0.3 is 13.1 Å². The van der Waals surface area contributed by atoms with Crippen molar-refractivity contribution in [3.8, 4) is 5.75 Å². The quantitative estimate of drug-likeness (QED) is 0.554. The van der Waals surface area contributed by atoms with Gasteiger partial charge in [0, 0.05) is 10.7 Å². The van der Waals surface area contributed by atoms with Gasteiger partial charge in [0.1, 0.15) is 12.4 Å². The molecule has 0 spiro atoms. The molecule has 3 rings (SSSR count). The summed E-state index contributed by atoms with van der Waals surface area (Å²) in [5.41, 5.74) is 0.874. The maximum absolute atomic E-state index is 11.9. The highest BCUT2D eigenvalue weighted by Crippen LogP contribution is 2.36. The lowest BCUT2D eigenvalue weighted by Crippen LogP contribution is -2.41. The van der Waals surface area contributed by atoms with Crippen LogP contribution in [0.2, 0.25) is 5.02 Å². The molecule has 1 saturated heterocycles. The molecule has 0 aromatic heterocycles. The van der Waals surface area contributed by atoms with Gasteiger partial charge in [0.05, 0.1) is 17.7 Å². The fraction of sp³-hybridized carbons (Fsp3) is 0.381. The third-order valence-corrected chi connectivity index (χ3v) is 5.42. The first-order valence-electron chi connectivity index (χ1n) is 9.55. The fourth-order valence-electron chi connectivity index (χ4n) is 2.74. The Morgan fingerprint density at radius 2 is 1.59 bits per heavy atom. The second kappa shape index (κ2) is 8.65. The highest BCUT2D eigenvalue weighted by molar-refractivity contribution is 6.62. The molecule has 0 unspecified atom stereocenters. The van der Waals surface area contributed by atoms with Gasteiger partial charge in [0.2, 0.25) is 0 Å². The molecule has 2 aromatic carbocycles. The molecule has 154 valence electrons. The van der Waals surface area contributed by atoms with E-state index in [1.807, 2.05) is 52.0 Å². The van der Waals surface area contributed by atoms with E-state index in [4.69, 9.17) is 25.6 Å². The van der Waals surface area contributed by atoms with Gasteiger partial charge in [-0.15, -0.1) is 0 Å². The summed E-state index contributed by atoms with van der Waals surface area (Å²) in [5.74, 6) is 0.713. The fourth-order valence-corrected chi connectivity index (χ4v) is 2.87. The van der Waals surface area contributed by atoms with Crippen LogP contribution in [0.4, 0.5) is 10.5 Å². The number of carbonyl (C=O) groups is 1. The number of hydrogen-bond acceptors (Lipinski definition) is 4. The molecule has 0 aliphatic carbocycles. The minimum atomic E-state index is -0.396. The Hall–Kier alpha value is -2.22. The Morgan fingerprint density at radius 1 is 1.00 bits per heavy atom. The first-order chi connectivity index (χ1) is 13.7. The van der Waals surface area contributed by atoms with Crippen molar-refractivity contribution in [1.82, 2.24) is 5.32 Å². The molecule has 1 aliphatic heterocycles. The number of halogens is 1. The zero-order valence-electron chi connectivity index (χ0n) is 17.1. The second-order valence-corrected chi connectivity index (χ2v) is 8.33. The molecule has 0 bridgehead atoms. The van der Waals surface area contributed by atoms with Crippen molar-refractivity contribution >= 4 is 35.9 Å². The predicted octanol–water partition coefficient (Wildman–Crippen LogP) is 3.84. The van der Waals surface area contributed by atoms with Crippen LogP contribution in [0.3, 0.4) is 0 Å². The van der Waals surface area contributed by atoms with Gasteiger partial charge in [-0.25, -0.2) is 4.79 Å². The van der Waals surface area contributed by atoms with Crippen LogP contribution in [-0.2, 0) is 9.31 Å². The number of nitrogens with one attached hydrogen (secondary N) is 2. The van der Waals surface area contributed by atoms with Gasteiger partial charge < -0.3 is 24.7 Å². The van der Waals surface area contributed by atoms with Gasteiger partial charge in [-0.1, -0.05) is 23.7 Å². The summed E-state index contributed by atoms with van der Waals surface area (Å²) in [6.07, 6.45) is 0. The molecule has 2 amide bonds. The molecule has 1 aliphatic rings. The van der Waals surface area contributed by atoms with Gasteiger partial charge in [0.15, 0.2) is 0 Å². The first kappa shape index (κ1) is 21.5. The molecular formula is C21H26BClN2O4. The third kappa shape index (κ3) is 5.44. The second-order valence-electron chi connectivity index (χ2n) is 7.89. The molecule has 0 atom stereocenters. The summed E-state index contributed by atoms with van der Waals surface area (Å²) in [4.78, 5) is 11.9. The van der Waals surface area contributed by atoms with Gasteiger partial charge in [-0.3, -0.25) is 0 Å². The van der Waals surface area contributed by atoms with E-state index < -0.39 is 7.12 Å². The van der Waals surface area contributed by atoms with Crippen LogP contribution in [0.25, 0.3) is 0 Å². The summed E-state index contributed by atoms with van der Waals surface area (Å²) >= 11 is 5.82. The van der Waals surface area contributed by atoms with E-state index in [0.29, 0.717) is 29.6 Å². The van der Waals surface area contributed by atoms with Crippen LogP contribution in [0.5, 0.6) is 5.75 Å². The van der Waals surface area contributed by atoms with Gasteiger partial charge in [-0.2, -0.15) is 0 Å².